The Labute approximate surface area is 124 Å². The van der Waals surface area contributed by atoms with Crippen LogP contribution in [0.2, 0.25) is 0 Å². The number of nitrogens with two attached hydrogens (primary N) is 1. The van der Waals surface area contributed by atoms with Crippen molar-refractivity contribution in [2.75, 3.05) is 5.32 Å². The van der Waals surface area contributed by atoms with Crippen LogP contribution in [0.15, 0.2) is 17.0 Å². The molecule has 0 unspecified atom stereocenters. The van der Waals surface area contributed by atoms with E-state index in [2.05, 4.69) is 15.5 Å². The number of hydrogen-bond donors (Lipinski definition) is 3. The fourth-order valence-corrected chi connectivity index (χ4v) is 2.82. The average molecular weight is 308 g/mol. The highest BCUT2D eigenvalue weighted by Crippen LogP contribution is 2.24. The Morgan fingerprint density at radius 3 is 2.43 bits per heavy atom. The molecule has 1 heterocycles. The summed E-state index contributed by atoms with van der Waals surface area (Å²) in [5.74, 6) is 0. The van der Waals surface area contributed by atoms with E-state index < -0.39 is 10.0 Å². The van der Waals surface area contributed by atoms with Gasteiger partial charge in [-0.15, -0.1) is 0 Å². The van der Waals surface area contributed by atoms with Crippen LogP contribution in [-0.2, 0) is 16.6 Å². The van der Waals surface area contributed by atoms with Gasteiger partial charge in [-0.3, -0.25) is 5.10 Å². The van der Waals surface area contributed by atoms with E-state index in [1.807, 2.05) is 27.7 Å². The minimum Gasteiger partial charge on any atom is -0.381 e. The van der Waals surface area contributed by atoms with Crippen molar-refractivity contribution in [2.45, 2.75) is 39.1 Å². The lowest BCUT2D eigenvalue weighted by molar-refractivity contribution is 0.597. The normalized spacial score (nSPS) is 11.7. The van der Waals surface area contributed by atoms with E-state index in [4.69, 9.17) is 5.14 Å². The molecule has 0 fully saturated rings. The van der Waals surface area contributed by atoms with Crippen LogP contribution in [0.3, 0.4) is 0 Å². The summed E-state index contributed by atoms with van der Waals surface area (Å²) in [6, 6.07) is 3.16. The molecule has 0 saturated carbocycles. The molecule has 2 rings (SSSR count). The largest absolute Gasteiger partial charge is 0.381 e. The smallest absolute Gasteiger partial charge is 0.238 e. The van der Waals surface area contributed by atoms with Crippen molar-refractivity contribution < 1.29 is 8.42 Å². The Morgan fingerprint density at radius 1 is 1.24 bits per heavy atom. The van der Waals surface area contributed by atoms with Gasteiger partial charge in [-0.1, -0.05) is 0 Å². The second-order valence-corrected chi connectivity index (χ2v) is 6.79. The molecule has 114 valence electrons. The fraction of sp³-hybridized carbons (Fsp3) is 0.357. The second-order valence-electron chi connectivity index (χ2n) is 5.22. The highest BCUT2D eigenvalue weighted by Gasteiger charge is 2.13. The van der Waals surface area contributed by atoms with Crippen LogP contribution < -0.4 is 10.5 Å². The highest BCUT2D eigenvalue weighted by molar-refractivity contribution is 7.89. The third kappa shape index (κ3) is 3.25. The number of H-pyrrole nitrogens is 1. The van der Waals surface area contributed by atoms with E-state index in [0.29, 0.717) is 6.54 Å². The third-order valence-corrected chi connectivity index (χ3v) is 4.60. The molecule has 7 heteroatoms. The first-order valence-electron chi connectivity index (χ1n) is 6.58. The molecule has 0 atom stereocenters. The van der Waals surface area contributed by atoms with Gasteiger partial charge < -0.3 is 5.32 Å². The van der Waals surface area contributed by atoms with Gasteiger partial charge in [0.2, 0.25) is 10.0 Å². The number of aromatic nitrogens is 2. The van der Waals surface area contributed by atoms with Gasteiger partial charge in [-0.2, -0.15) is 5.10 Å². The minimum atomic E-state index is -3.71. The molecule has 0 radical (unpaired) electrons. The first kappa shape index (κ1) is 15.5. The van der Waals surface area contributed by atoms with E-state index in [1.54, 1.807) is 12.1 Å². The number of sulfonamides is 1. The zero-order chi connectivity index (χ0) is 15.8. The van der Waals surface area contributed by atoms with Gasteiger partial charge >= 0.3 is 0 Å². The van der Waals surface area contributed by atoms with Crippen LogP contribution in [0.25, 0.3) is 0 Å². The molecule has 0 aliphatic rings. The second kappa shape index (κ2) is 5.50. The molecule has 0 bridgehead atoms. The van der Waals surface area contributed by atoms with Crippen molar-refractivity contribution in [1.29, 1.82) is 0 Å². The van der Waals surface area contributed by atoms with Crippen LogP contribution in [0, 0.1) is 27.7 Å². The van der Waals surface area contributed by atoms with Crippen molar-refractivity contribution in [3.63, 3.8) is 0 Å². The molecular formula is C14H20N4O2S. The Morgan fingerprint density at radius 2 is 1.90 bits per heavy atom. The number of hydrogen-bond acceptors (Lipinski definition) is 4. The van der Waals surface area contributed by atoms with Crippen molar-refractivity contribution in [3.8, 4) is 0 Å². The summed E-state index contributed by atoms with van der Waals surface area (Å²) in [6.45, 7) is 8.26. The minimum absolute atomic E-state index is 0.119. The van der Waals surface area contributed by atoms with Crippen molar-refractivity contribution in [2.24, 2.45) is 5.14 Å². The molecule has 0 spiro atoms. The maximum atomic E-state index is 11.5. The van der Waals surface area contributed by atoms with Crippen molar-refractivity contribution >= 4 is 15.7 Å². The number of nitrogens with zero attached hydrogens (tertiary/aromatic N) is 1. The molecule has 1 aromatic heterocycles. The quantitative estimate of drug-likeness (QED) is 0.803. The van der Waals surface area contributed by atoms with Crippen LogP contribution >= 0.6 is 0 Å². The molecule has 21 heavy (non-hydrogen) atoms. The first-order chi connectivity index (χ1) is 9.70. The summed E-state index contributed by atoms with van der Waals surface area (Å²) >= 11 is 0. The van der Waals surface area contributed by atoms with Crippen molar-refractivity contribution in [3.05, 3.63) is 40.2 Å². The zero-order valence-electron chi connectivity index (χ0n) is 12.6. The molecule has 6 nitrogen and oxygen atoms in total. The number of rotatable bonds is 4. The summed E-state index contributed by atoms with van der Waals surface area (Å²) in [6.07, 6.45) is 0. The lowest BCUT2D eigenvalue weighted by Gasteiger charge is -2.13. The Kier molecular flexibility index (Phi) is 4.06. The molecule has 0 aliphatic heterocycles. The molecule has 0 aliphatic carbocycles. The maximum absolute atomic E-state index is 11.5. The van der Waals surface area contributed by atoms with Gasteiger partial charge in [0.05, 0.1) is 10.6 Å². The number of nitrogens with one attached hydrogen (secondary N) is 2. The summed E-state index contributed by atoms with van der Waals surface area (Å²) < 4.78 is 23.0. The van der Waals surface area contributed by atoms with Gasteiger partial charge in [0.25, 0.3) is 0 Å². The van der Waals surface area contributed by atoms with E-state index >= 15 is 0 Å². The topological polar surface area (TPSA) is 101 Å². The van der Waals surface area contributed by atoms with E-state index in [-0.39, 0.29) is 4.90 Å². The highest BCUT2D eigenvalue weighted by atomic mass is 32.2. The number of anilines is 1. The van der Waals surface area contributed by atoms with Gasteiger partial charge in [0, 0.05) is 23.5 Å². The van der Waals surface area contributed by atoms with Gasteiger partial charge in [0.1, 0.15) is 0 Å². The van der Waals surface area contributed by atoms with Crippen LogP contribution in [0.1, 0.15) is 28.1 Å². The molecule has 2 aromatic rings. The predicted molar refractivity (Wildman–Crippen MR) is 82.7 cm³/mol. The number of primary sulfonamides is 1. The standard InChI is InChI=1S/C14H20N4O2S/c1-8-5-12(21(15,19)20)6-14(9(8)2)16-7-13-10(3)17-18-11(13)4/h5-6,16H,7H2,1-4H3,(H,17,18)(H2,15,19,20). The maximum Gasteiger partial charge on any atom is 0.238 e. The first-order valence-corrected chi connectivity index (χ1v) is 8.13. The summed E-state index contributed by atoms with van der Waals surface area (Å²) in [4.78, 5) is 0.119. The predicted octanol–water partition coefficient (Wildman–Crippen LogP) is 1.90. The van der Waals surface area contributed by atoms with Gasteiger partial charge in [-0.25, -0.2) is 13.6 Å². The zero-order valence-corrected chi connectivity index (χ0v) is 13.4. The fourth-order valence-electron chi connectivity index (χ4n) is 2.19. The SMILES string of the molecule is Cc1cc(S(N)(=O)=O)cc(NCc2c(C)n[nH]c2C)c1C. The average Bonchev–Trinajstić information content (AvgIpc) is 2.70. The number of aryl methyl sites for hydroxylation is 3. The summed E-state index contributed by atoms with van der Waals surface area (Å²) in [5, 5.41) is 15.6. The number of benzene rings is 1. The monoisotopic (exact) mass is 308 g/mol. The Bertz CT molecular complexity index is 759. The summed E-state index contributed by atoms with van der Waals surface area (Å²) in [5.41, 5.74) is 5.65. The molecule has 0 amide bonds. The van der Waals surface area contributed by atoms with E-state index in [0.717, 1.165) is 33.8 Å². The van der Waals surface area contributed by atoms with Crippen LogP contribution in [0.4, 0.5) is 5.69 Å². The summed E-state index contributed by atoms with van der Waals surface area (Å²) in [7, 11) is -3.71. The van der Waals surface area contributed by atoms with E-state index in [9.17, 15) is 8.42 Å². The van der Waals surface area contributed by atoms with Crippen LogP contribution in [-0.4, -0.2) is 18.6 Å². The van der Waals surface area contributed by atoms with Crippen molar-refractivity contribution in [1.82, 2.24) is 10.2 Å². The third-order valence-electron chi connectivity index (χ3n) is 3.71. The molecule has 0 saturated heterocycles. The van der Waals surface area contributed by atoms with Crippen LogP contribution in [0.5, 0.6) is 0 Å². The Balaban J connectivity index is 2.34. The van der Waals surface area contributed by atoms with Gasteiger partial charge in [-0.05, 0) is 51.0 Å². The number of aromatic amines is 1. The Hall–Kier alpha value is -1.86. The molecular weight excluding hydrogens is 288 g/mol. The lowest BCUT2D eigenvalue weighted by atomic mass is 10.1. The van der Waals surface area contributed by atoms with Gasteiger partial charge in [0.15, 0.2) is 0 Å². The molecule has 4 N–H and O–H groups in total. The lowest BCUT2D eigenvalue weighted by Crippen LogP contribution is -2.13. The van der Waals surface area contributed by atoms with E-state index in [1.165, 1.54) is 0 Å². The molecule has 1 aromatic carbocycles.